The third kappa shape index (κ3) is 7.49. The molecule has 0 saturated heterocycles. The second-order valence-electron chi connectivity index (χ2n) is 5.82. The number of ether oxygens (including phenoxy) is 3. The van der Waals surface area contributed by atoms with E-state index in [1.807, 2.05) is 30.3 Å². The Labute approximate surface area is 164 Å². The number of hydrogen-bond acceptors (Lipinski definition) is 5. The summed E-state index contributed by atoms with van der Waals surface area (Å²) in [6.07, 6.45) is 0.134. The normalized spacial score (nSPS) is 11.0. The number of carbonyl (C=O) groups excluding carboxylic acids is 2. The van der Waals surface area contributed by atoms with Gasteiger partial charge < -0.3 is 19.9 Å². The van der Waals surface area contributed by atoms with Crippen molar-refractivity contribution in [2.45, 2.75) is 26.4 Å². The van der Waals surface area contributed by atoms with E-state index in [4.69, 9.17) is 19.9 Å². The van der Waals surface area contributed by atoms with Crippen LogP contribution in [0.25, 0.3) is 0 Å². The Morgan fingerprint density at radius 2 is 1.71 bits per heavy atom. The second kappa shape index (κ2) is 11.4. The second-order valence-corrected chi connectivity index (χ2v) is 5.82. The van der Waals surface area contributed by atoms with Crippen molar-refractivity contribution in [3.63, 3.8) is 0 Å². The first-order valence-corrected chi connectivity index (χ1v) is 9.02. The monoisotopic (exact) mass is 384 g/mol. The minimum atomic E-state index is -0.749. The van der Waals surface area contributed by atoms with Crippen LogP contribution in [0.5, 0.6) is 5.75 Å². The van der Waals surface area contributed by atoms with Crippen LogP contribution < -0.4 is 10.5 Å². The van der Waals surface area contributed by atoms with Gasteiger partial charge in [0.25, 0.3) is 0 Å². The highest BCUT2D eigenvalue weighted by Crippen LogP contribution is 2.13. The standard InChI is InChI=1S/C21H24N2O5/c1-2-26-19(24)9-6-14-27-18-12-10-17(11-13-18)20(22)23-21(25)28-15-16-7-4-3-5-8-16/h3-5,7-8,10-13H,2,6,9,14-15H2,1H3,(H2,22,23,25). The molecule has 0 aliphatic rings. The van der Waals surface area contributed by atoms with Crippen molar-refractivity contribution < 1.29 is 23.8 Å². The molecule has 0 aliphatic heterocycles. The van der Waals surface area contributed by atoms with E-state index in [0.29, 0.717) is 37.4 Å². The number of nitrogens with zero attached hydrogens (tertiary/aromatic N) is 1. The van der Waals surface area contributed by atoms with Crippen LogP contribution in [0.4, 0.5) is 4.79 Å². The topological polar surface area (TPSA) is 100 Å². The van der Waals surface area contributed by atoms with Crippen molar-refractivity contribution in [3.8, 4) is 5.75 Å². The first-order valence-electron chi connectivity index (χ1n) is 9.02. The summed E-state index contributed by atoms with van der Waals surface area (Å²) in [6, 6.07) is 16.2. The number of amidine groups is 1. The van der Waals surface area contributed by atoms with Crippen molar-refractivity contribution >= 4 is 17.9 Å². The first-order chi connectivity index (χ1) is 13.6. The molecule has 0 saturated carbocycles. The van der Waals surface area contributed by atoms with Crippen LogP contribution in [0.1, 0.15) is 30.9 Å². The average molecular weight is 384 g/mol. The lowest BCUT2D eigenvalue weighted by atomic mass is 10.2. The highest BCUT2D eigenvalue weighted by atomic mass is 16.5. The number of nitrogens with two attached hydrogens (primary N) is 1. The smallest absolute Gasteiger partial charge is 0.435 e. The van der Waals surface area contributed by atoms with Crippen molar-refractivity contribution in [1.29, 1.82) is 0 Å². The van der Waals surface area contributed by atoms with E-state index in [-0.39, 0.29) is 18.4 Å². The molecule has 0 aromatic heterocycles. The Hall–Kier alpha value is -3.35. The van der Waals surface area contributed by atoms with Gasteiger partial charge in [-0.2, -0.15) is 4.99 Å². The summed E-state index contributed by atoms with van der Waals surface area (Å²) < 4.78 is 15.5. The molecule has 0 fully saturated rings. The predicted molar refractivity (Wildman–Crippen MR) is 105 cm³/mol. The Morgan fingerprint density at radius 1 is 1.00 bits per heavy atom. The lowest BCUT2D eigenvalue weighted by Crippen LogP contribution is -2.16. The maximum absolute atomic E-state index is 11.8. The molecule has 28 heavy (non-hydrogen) atoms. The summed E-state index contributed by atoms with van der Waals surface area (Å²) in [5, 5.41) is 0. The molecule has 0 bridgehead atoms. The van der Waals surface area contributed by atoms with Crippen LogP contribution in [0, 0.1) is 0 Å². The van der Waals surface area contributed by atoms with E-state index >= 15 is 0 Å². The molecule has 0 spiro atoms. The average Bonchev–Trinajstić information content (AvgIpc) is 2.71. The maximum atomic E-state index is 11.8. The fourth-order valence-electron chi connectivity index (χ4n) is 2.28. The number of carbonyl (C=O) groups is 2. The molecular formula is C21H24N2O5. The highest BCUT2D eigenvalue weighted by molar-refractivity contribution is 6.02. The SMILES string of the molecule is CCOC(=O)CCCOc1ccc(C(N)=NC(=O)OCc2ccccc2)cc1. The molecule has 2 rings (SSSR count). The fraction of sp³-hybridized carbons (Fsp3) is 0.286. The molecule has 0 aliphatic carbocycles. The number of benzene rings is 2. The molecule has 2 aromatic carbocycles. The van der Waals surface area contributed by atoms with E-state index in [1.54, 1.807) is 31.2 Å². The Morgan fingerprint density at radius 3 is 2.39 bits per heavy atom. The number of esters is 1. The lowest BCUT2D eigenvalue weighted by molar-refractivity contribution is -0.143. The van der Waals surface area contributed by atoms with E-state index in [1.165, 1.54) is 0 Å². The molecular weight excluding hydrogens is 360 g/mol. The van der Waals surface area contributed by atoms with Crippen molar-refractivity contribution in [2.75, 3.05) is 13.2 Å². The Kier molecular flexibility index (Phi) is 8.52. The summed E-state index contributed by atoms with van der Waals surface area (Å²) >= 11 is 0. The van der Waals surface area contributed by atoms with Gasteiger partial charge in [0.15, 0.2) is 0 Å². The van der Waals surface area contributed by atoms with Gasteiger partial charge in [0.1, 0.15) is 18.2 Å². The number of rotatable bonds is 9. The summed E-state index contributed by atoms with van der Waals surface area (Å²) in [7, 11) is 0. The molecule has 148 valence electrons. The van der Waals surface area contributed by atoms with Gasteiger partial charge in [-0.25, -0.2) is 4.79 Å². The van der Waals surface area contributed by atoms with Crippen LogP contribution in [0.15, 0.2) is 59.6 Å². The van der Waals surface area contributed by atoms with Crippen LogP contribution in [-0.2, 0) is 20.9 Å². The van der Waals surface area contributed by atoms with E-state index in [0.717, 1.165) is 5.56 Å². The lowest BCUT2D eigenvalue weighted by Gasteiger charge is -2.07. The fourth-order valence-corrected chi connectivity index (χ4v) is 2.28. The number of hydrogen-bond donors (Lipinski definition) is 1. The van der Waals surface area contributed by atoms with Gasteiger partial charge in [0.2, 0.25) is 0 Å². The molecule has 0 atom stereocenters. The summed E-state index contributed by atoms with van der Waals surface area (Å²) in [5.41, 5.74) is 7.30. The van der Waals surface area contributed by atoms with Gasteiger partial charge >= 0.3 is 12.1 Å². The molecule has 1 amide bonds. The minimum absolute atomic E-state index is 0.0620. The van der Waals surface area contributed by atoms with Crippen LogP contribution in [-0.4, -0.2) is 31.1 Å². The van der Waals surface area contributed by atoms with Gasteiger partial charge in [-0.15, -0.1) is 0 Å². The van der Waals surface area contributed by atoms with Gasteiger partial charge in [-0.3, -0.25) is 4.79 Å². The van der Waals surface area contributed by atoms with Crippen molar-refractivity contribution in [1.82, 2.24) is 0 Å². The zero-order chi connectivity index (χ0) is 20.2. The largest absolute Gasteiger partial charge is 0.494 e. The molecule has 0 unspecified atom stereocenters. The molecule has 2 N–H and O–H groups in total. The van der Waals surface area contributed by atoms with Crippen LogP contribution in [0.3, 0.4) is 0 Å². The first kappa shape index (κ1) is 21.0. The predicted octanol–water partition coefficient (Wildman–Crippen LogP) is 3.45. The summed E-state index contributed by atoms with van der Waals surface area (Å²) in [6.45, 7) is 2.68. The van der Waals surface area contributed by atoms with Crippen LogP contribution >= 0.6 is 0 Å². The molecule has 2 aromatic rings. The third-order valence-electron chi connectivity index (χ3n) is 3.67. The molecule has 0 heterocycles. The zero-order valence-corrected chi connectivity index (χ0v) is 15.8. The van der Waals surface area contributed by atoms with Gasteiger partial charge in [0.05, 0.1) is 13.2 Å². The number of amides is 1. The van der Waals surface area contributed by atoms with Gasteiger partial charge in [-0.1, -0.05) is 30.3 Å². The highest BCUT2D eigenvalue weighted by Gasteiger charge is 2.06. The summed E-state index contributed by atoms with van der Waals surface area (Å²) in [4.78, 5) is 26.8. The Balaban J connectivity index is 1.78. The zero-order valence-electron chi connectivity index (χ0n) is 15.8. The van der Waals surface area contributed by atoms with E-state index in [2.05, 4.69) is 4.99 Å². The number of aliphatic imine (C=N–C) groups is 1. The van der Waals surface area contributed by atoms with Gasteiger partial charge in [-0.05, 0) is 43.2 Å². The summed E-state index contributed by atoms with van der Waals surface area (Å²) in [5.74, 6) is 0.462. The van der Waals surface area contributed by atoms with E-state index in [9.17, 15) is 9.59 Å². The van der Waals surface area contributed by atoms with Crippen molar-refractivity contribution in [2.24, 2.45) is 10.7 Å². The van der Waals surface area contributed by atoms with E-state index < -0.39 is 6.09 Å². The molecule has 7 nitrogen and oxygen atoms in total. The Bertz CT molecular complexity index is 788. The van der Waals surface area contributed by atoms with Gasteiger partial charge in [0, 0.05) is 12.0 Å². The molecule has 0 radical (unpaired) electrons. The quantitative estimate of drug-likeness (QED) is 0.308. The van der Waals surface area contributed by atoms with Crippen LogP contribution in [0.2, 0.25) is 0 Å². The maximum Gasteiger partial charge on any atom is 0.435 e. The third-order valence-corrected chi connectivity index (χ3v) is 3.67. The molecule has 7 heteroatoms. The minimum Gasteiger partial charge on any atom is -0.494 e. The van der Waals surface area contributed by atoms with Crippen molar-refractivity contribution in [3.05, 3.63) is 65.7 Å².